The van der Waals surface area contributed by atoms with E-state index in [2.05, 4.69) is 25.2 Å². The van der Waals surface area contributed by atoms with Gasteiger partial charge in [-0.2, -0.15) is 0 Å². The predicted octanol–water partition coefficient (Wildman–Crippen LogP) is 12.3. The molecule has 0 heterocycles. The Kier molecular flexibility index (Phi) is 10.6. The van der Waals surface area contributed by atoms with E-state index in [0.717, 1.165) is 49.5 Å². The first-order valence-electron chi connectivity index (χ1n) is 16.3. The quantitative estimate of drug-likeness (QED) is 0.163. The fraction of sp³-hybridized carbons (Fsp3) is 0.436. The minimum absolute atomic E-state index is 0.159. The maximum atomic E-state index is 15.4. The molecule has 1 fully saturated rings. The highest BCUT2D eigenvalue weighted by Gasteiger charge is 2.29. The largest absolute Gasteiger partial charge is 0.203 e. The minimum Gasteiger partial charge on any atom is -0.203 e. The maximum absolute atomic E-state index is 15.4. The SMILES string of the molecule is C/C=C/CCC1CCC(C2CC=C(c3ccc(-c4ccc(-c5ccc(CCCC)c(F)c5F)cc4)c(F)c3F)CC2)CC1. The van der Waals surface area contributed by atoms with Crippen LogP contribution in [0, 0.1) is 41.0 Å². The molecule has 0 aromatic heterocycles. The molecule has 0 amide bonds. The molecular formula is C39H44F4. The van der Waals surface area contributed by atoms with E-state index in [-0.39, 0.29) is 11.1 Å². The van der Waals surface area contributed by atoms with Crippen molar-refractivity contribution in [2.24, 2.45) is 17.8 Å². The molecule has 2 aliphatic rings. The lowest BCUT2D eigenvalue weighted by Gasteiger charge is -2.35. The molecule has 0 N–H and O–H groups in total. The second kappa shape index (κ2) is 14.6. The molecule has 0 radical (unpaired) electrons. The van der Waals surface area contributed by atoms with Crippen molar-refractivity contribution in [2.75, 3.05) is 0 Å². The zero-order chi connectivity index (χ0) is 30.3. The number of unbranched alkanes of at least 4 members (excludes halogenated alkanes) is 1. The topological polar surface area (TPSA) is 0 Å². The third-order valence-corrected chi connectivity index (χ3v) is 9.88. The van der Waals surface area contributed by atoms with Gasteiger partial charge in [-0.1, -0.05) is 92.9 Å². The Morgan fingerprint density at radius 3 is 1.91 bits per heavy atom. The number of hydrogen-bond acceptors (Lipinski definition) is 0. The Labute approximate surface area is 254 Å². The summed E-state index contributed by atoms with van der Waals surface area (Å²) in [5.41, 5.74) is 2.93. The van der Waals surface area contributed by atoms with Crippen LogP contribution in [0.25, 0.3) is 27.8 Å². The molecule has 4 heteroatoms. The molecule has 0 aliphatic heterocycles. The van der Waals surface area contributed by atoms with Crippen LogP contribution in [0.1, 0.15) is 95.6 Å². The third-order valence-electron chi connectivity index (χ3n) is 9.88. The number of allylic oxidation sites excluding steroid dienone is 4. The fourth-order valence-electron chi connectivity index (χ4n) is 7.20. The van der Waals surface area contributed by atoms with E-state index in [1.165, 1.54) is 38.5 Å². The van der Waals surface area contributed by atoms with Crippen LogP contribution in [0.3, 0.4) is 0 Å². The average molecular weight is 589 g/mol. The van der Waals surface area contributed by atoms with E-state index in [1.807, 2.05) is 6.92 Å². The maximum Gasteiger partial charge on any atom is 0.167 e. The van der Waals surface area contributed by atoms with Gasteiger partial charge in [-0.05, 0) is 105 Å². The lowest BCUT2D eigenvalue weighted by molar-refractivity contribution is 0.190. The molecule has 0 nitrogen and oxygen atoms in total. The van der Waals surface area contributed by atoms with E-state index in [0.29, 0.717) is 34.6 Å². The van der Waals surface area contributed by atoms with E-state index in [9.17, 15) is 8.78 Å². The molecule has 0 spiro atoms. The molecule has 2 aliphatic carbocycles. The first-order valence-corrected chi connectivity index (χ1v) is 16.3. The van der Waals surface area contributed by atoms with Crippen molar-refractivity contribution in [3.8, 4) is 22.3 Å². The summed E-state index contributed by atoms with van der Waals surface area (Å²) in [6.45, 7) is 4.09. The van der Waals surface area contributed by atoms with Crippen molar-refractivity contribution >= 4 is 5.57 Å². The van der Waals surface area contributed by atoms with Gasteiger partial charge in [0.25, 0.3) is 0 Å². The van der Waals surface area contributed by atoms with Gasteiger partial charge >= 0.3 is 0 Å². The van der Waals surface area contributed by atoms with Crippen LogP contribution >= 0.6 is 0 Å². The van der Waals surface area contributed by atoms with Gasteiger partial charge in [0.1, 0.15) is 0 Å². The lowest BCUT2D eigenvalue weighted by atomic mass is 9.70. The summed E-state index contributed by atoms with van der Waals surface area (Å²) in [6.07, 6.45) is 19.2. The van der Waals surface area contributed by atoms with E-state index >= 15 is 8.78 Å². The van der Waals surface area contributed by atoms with Crippen LogP contribution < -0.4 is 0 Å². The first-order chi connectivity index (χ1) is 20.9. The Bertz CT molecular complexity index is 1440. The summed E-state index contributed by atoms with van der Waals surface area (Å²) in [5.74, 6) is -1.15. The Balaban J connectivity index is 1.25. The van der Waals surface area contributed by atoms with Gasteiger partial charge < -0.3 is 0 Å². The molecule has 1 unspecified atom stereocenters. The van der Waals surface area contributed by atoms with Crippen LogP contribution in [0.4, 0.5) is 17.6 Å². The van der Waals surface area contributed by atoms with Crippen molar-refractivity contribution in [1.29, 1.82) is 0 Å². The number of benzene rings is 3. The van der Waals surface area contributed by atoms with Crippen molar-refractivity contribution in [3.05, 3.63) is 101 Å². The van der Waals surface area contributed by atoms with Gasteiger partial charge in [-0.3, -0.25) is 0 Å². The molecule has 1 saturated carbocycles. The van der Waals surface area contributed by atoms with Crippen LogP contribution in [0.15, 0.2) is 66.8 Å². The van der Waals surface area contributed by atoms with Gasteiger partial charge in [-0.15, -0.1) is 0 Å². The minimum atomic E-state index is -0.876. The number of halogens is 4. The van der Waals surface area contributed by atoms with Gasteiger partial charge in [0.2, 0.25) is 0 Å². The smallest absolute Gasteiger partial charge is 0.167 e. The molecule has 0 saturated heterocycles. The van der Waals surface area contributed by atoms with E-state index in [4.69, 9.17) is 0 Å². The Morgan fingerprint density at radius 1 is 0.698 bits per heavy atom. The molecule has 43 heavy (non-hydrogen) atoms. The summed E-state index contributed by atoms with van der Waals surface area (Å²) in [7, 11) is 0. The monoisotopic (exact) mass is 588 g/mol. The molecule has 5 rings (SSSR count). The fourth-order valence-corrected chi connectivity index (χ4v) is 7.20. The standard InChI is InChI=1S/C39H44F4/c1-3-5-7-8-26-10-12-27(13-11-26)28-14-16-29(17-15-28)34-24-25-35(39(43)38(34)42)31-20-18-30(19-21-31)33-23-22-32(9-6-4-2)36(40)37(33)41/h3,5,16,18-28H,4,6-15,17H2,1-2H3/b5-3+. The van der Waals surface area contributed by atoms with Gasteiger partial charge in [0, 0.05) is 16.7 Å². The second-order valence-corrected chi connectivity index (χ2v) is 12.6. The van der Waals surface area contributed by atoms with Gasteiger partial charge in [-0.25, -0.2) is 17.6 Å². The van der Waals surface area contributed by atoms with E-state index in [1.54, 1.807) is 48.5 Å². The van der Waals surface area contributed by atoms with Crippen molar-refractivity contribution in [2.45, 2.75) is 90.9 Å². The summed E-state index contributed by atoms with van der Waals surface area (Å²) in [5, 5.41) is 0. The van der Waals surface area contributed by atoms with Crippen molar-refractivity contribution < 1.29 is 17.6 Å². The highest BCUT2D eigenvalue weighted by Crippen LogP contribution is 2.43. The van der Waals surface area contributed by atoms with Crippen LogP contribution in [0.5, 0.6) is 0 Å². The molecule has 1 atom stereocenters. The second-order valence-electron chi connectivity index (χ2n) is 12.6. The van der Waals surface area contributed by atoms with Crippen LogP contribution in [0.2, 0.25) is 0 Å². The summed E-state index contributed by atoms with van der Waals surface area (Å²) in [6, 6.07) is 13.1. The van der Waals surface area contributed by atoms with Gasteiger partial charge in [0.05, 0.1) is 0 Å². The van der Waals surface area contributed by atoms with Crippen molar-refractivity contribution in [1.82, 2.24) is 0 Å². The zero-order valence-corrected chi connectivity index (χ0v) is 25.6. The number of hydrogen-bond donors (Lipinski definition) is 0. The van der Waals surface area contributed by atoms with Crippen LogP contribution in [-0.4, -0.2) is 0 Å². The normalized spacial score (nSPS) is 20.9. The summed E-state index contributed by atoms with van der Waals surface area (Å²) < 4.78 is 60.3. The highest BCUT2D eigenvalue weighted by atomic mass is 19.2. The Morgan fingerprint density at radius 2 is 1.30 bits per heavy atom. The van der Waals surface area contributed by atoms with Crippen molar-refractivity contribution in [3.63, 3.8) is 0 Å². The Hall–Kier alpha value is -3.14. The molecule has 228 valence electrons. The third kappa shape index (κ3) is 7.16. The summed E-state index contributed by atoms with van der Waals surface area (Å²) in [4.78, 5) is 0. The molecular weight excluding hydrogens is 544 g/mol. The van der Waals surface area contributed by atoms with E-state index < -0.39 is 23.3 Å². The molecule has 3 aromatic rings. The van der Waals surface area contributed by atoms with Crippen LogP contribution in [-0.2, 0) is 6.42 Å². The first kappa shape index (κ1) is 31.3. The molecule has 0 bridgehead atoms. The predicted molar refractivity (Wildman–Crippen MR) is 171 cm³/mol. The summed E-state index contributed by atoms with van der Waals surface area (Å²) >= 11 is 0. The lowest BCUT2D eigenvalue weighted by Crippen LogP contribution is -2.23. The number of aryl methyl sites for hydroxylation is 1. The molecule has 3 aromatic carbocycles. The highest BCUT2D eigenvalue weighted by molar-refractivity contribution is 5.74. The van der Waals surface area contributed by atoms with Gasteiger partial charge in [0.15, 0.2) is 23.3 Å². The zero-order valence-electron chi connectivity index (χ0n) is 25.6. The number of rotatable bonds is 10. The average Bonchev–Trinajstić information content (AvgIpc) is 3.04.